The maximum absolute atomic E-state index is 12.2. The molecule has 9 heteroatoms. The Hall–Kier alpha value is -0.990. The summed E-state index contributed by atoms with van der Waals surface area (Å²) in [7, 11) is 0. The smallest absolute Gasteiger partial charge is 0.351 e. The predicted octanol–water partition coefficient (Wildman–Crippen LogP) is 1.60. The van der Waals surface area contributed by atoms with Crippen LogP contribution in [0.1, 0.15) is 12.8 Å². The van der Waals surface area contributed by atoms with Crippen LogP contribution in [0.4, 0.5) is 26.3 Å². The van der Waals surface area contributed by atoms with Gasteiger partial charge in [0.25, 0.3) is 0 Å². The van der Waals surface area contributed by atoms with E-state index in [-0.39, 0.29) is 6.54 Å². The Morgan fingerprint density at radius 3 is 2.11 bits per heavy atom. The molecular formula is C9H12F6N2O. The summed E-state index contributed by atoms with van der Waals surface area (Å²) in [5, 5.41) is 4.57. The number of hydrogen-bond acceptors (Lipinski definition) is 2. The second-order valence-electron chi connectivity index (χ2n) is 4.07. The molecule has 1 unspecified atom stereocenters. The van der Waals surface area contributed by atoms with Crippen molar-refractivity contribution in [2.75, 3.05) is 13.1 Å². The number of rotatable bonds is 2. The van der Waals surface area contributed by atoms with Gasteiger partial charge in [0.1, 0.15) is 0 Å². The number of amides is 1. The Labute approximate surface area is 98.9 Å². The highest BCUT2D eigenvalue weighted by Gasteiger charge is 2.61. The van der Waals surface area contributed by atoms with E-state index in [1.165, 1.54) is 0 Å². The summed E-state index contributed by atoms with van der Waals surface area (Å²) >= 11 is 0. The van der Waals surface area contributed by atoms with Crippen molar-refractivity contribution >= 4 is 5.91 Å². The number of nitrogens with one attached hydrogen (secondary N) is 2. The largest absolute Gasteiger partial charge is 0.409 e. The maximum Gasteiger partial charge on any atom is 0.409 e. The number of piperidine rings is 1. The van der Waals surface area contributed by atoms with E-state index in [0.717, 1.165) is 0 Å². The molecule has 0 saturated carbocycles. The molecule has 1 heterocycles. The number of carbonyl (C=O) groups excluding carboxylic acids is 1. The van der Waals surface area contributed by atoms with Crippen LogP contribution in [-0.4, -0.2) is 37.4 Å². The minimum Gasteiger partial charge on any atom is -0.351 e. The van der Waals surface area contributed by atoms with Crippen LogP contribution < -0.4 is 10.6 Å². The van der Waals surface area contributed by atoms with E-state index in [1.54, 1.807) is 5.32 Å². The minimum absolute atomic E-state index is 0.175. The Bertz CT molecular complexity index is 280. The number of halogens is 6. The lowest BCUT2D eigenvalue weighted by Gasteiger charge is -2.27. The fourth-order valence-electron chi connectivity index (χ4n) is 1.74. The third-order valence-corrected chi connectivity index (χ3v) is 2.56. The van der Waals surface area contributed by atoms with Gasteiger partial charge in [-0.3, -0.25) is 4.79 Å². The van der Waals surface area contributed by atoms with Gasteiger partial charge in [0.15, 0.2) is 0 Å². The first-order valence-electron chi connectivity index (χ1n) is 5.27. The molecule has 1 rings (SSSR count). The summed E-state index contributed by atoms with van der Waals surface area (Å²) in [5.74, 6) is -6.00. The van der Waals surface area contributed by atoms with Gasteiger partial charge in [0.2, 0.25) is 11.8 Å². The lowest BCUT2D eigenvalue weighted by atomic mass is 10.0. The molecule has 0 aliphatic carbocycles. The molecule has 0 aromatic carbocycles. The number of hydrogen-bond donors (Lipinski definition) is 2. The summed E-state index contributed by atoms with van der Waals surface area (Å²) in [6.07, 6.45) is -10.3. The predicted molar refractivity (Wildman–Crippen MR) is 49.6 cm³/mol. The van der Waals surface area contributed by atoms with Crippen LogP contribution in [-0.2, 0) is 4.79 Å². The van der Waals surface area contributed by atoms with Crippen molar-refractivity contribution in [3.8, 4) is 0 Å². The van der Waals surface area contributed by atoms with E-state index in [1.807, 2.05) is 0 Å². The van der Waals surface area contributed by atoms with Crippen molar-refractivity contribution in [1.29, 1.82) is 0 Å². The van der Waals surface area contributed by atoms with E-state index in [4.69, 9.17) is 0 Å². The zero-order valence-electron chi connectivity index (χ0n) is 9.16. The first-order chi connectivity index (χ1) is 8.12. The molecule has 0 spiro atoms. The molecule has 18 heavy (non-hydrogen) atoms. The van der Waals surface area contributed by atoms with Crippen LogP contribution in [0, 0.1) is 5.92 Å². The van der Waals surface area contributed by atoms with Crippen LogP contribution in [0.3, 0.4) is 0 Å². The SMILES string of the molecule is O=C(NC1CCCNC1)C(C(F)(F)F)C(F)(F)F. The molecule has 0 aromatic heterocycles. The third-order valence-electron chi connectivity index (χ3n) is 2.56. The normalized spacial score (nSPS) is 22.1. The number of alkyl halides is 6. The van der Waals surface area contributed by atoms with Crippen molar-refractivity contribution in [3.63, 3.8) is 0 Å². The lowest BCUT2D eigenvalue weighted by Crippen LogP contribution is -2.53. The molecule has 1 fully saturated rings. The van der Waals surface area contributed by atoms with Gasteiger partial charge >= 0.3 is 12.4 Å². The summed E-state index contributed by atoms with van der Waals surface area (Å²) in [6.45, 7) is 0.808. The van der Waals surface area contributed by atoms with Crippen molar-refractivity contribution in [1.82, 2.24) is 10.6 Å². The average Bonchev–Trinajstić information content (AvgIpc) is 2.13. The molecule has 1 amide bonds. The van der Waals surface area contributed by atoms with Crippen molar-refractivity contribution < 1.29 is 31.1 Å². The zero-order chi connectivity index (χ0) is 14.0. The lowest BCUT2D eigenvalue weighted by molar-refractivity contribution is -0.274. The van der Waals surface area contributed by atoms with Gasteiger partial charge in [-0.15, -0.1) is 0 Å². The highest BCUT2D eigenvalue weighted by atomic mass is 19.4. The van der Waals surface area contributed by atoms with Gasteiger partial charge in [0.05, 0.1) is 0 Å². The van der Waals surface area contributed by atoms with Crippen molar-refractivity contribution in [3.05, 3.63) is 0 Å². The van der Waals surface area contributed by atoms with Gasteiger partial charge in [0, 0.05) is 12.6 Å². The molecule has 1 atom stereocenters. The Morgan fingerprint density at radius 2 is 1.72 bits per heavy atom. The van der Waals surface area contributed by atoms with Crippen LogP contribution >= 0.6 is 0 Å². The molecule has 1 saturated heterocycles. The Kier molecular flexibility index (Phi) is 4.46. The van der Waals surface area contributed by atoms with Gasteiger partial charge in [-0.1, -0.05) is 0 Å². The molecule has 0 radical (unpaired) electrons. The van der Waals surface area contributed by atoms with E-state index >= 15 is 0 Å². The van der Waals surface area contributed by atoms with Gasteiger partial charge in [-0.2, -0.15) is 26.3 Å². The fraction of sp³-hybridized carbons (Fsp3) is 0.889. The summed E-state index contributed by atoms with van der Waals surface area (Å²) in [5.41, 5.74) is 0. The van der Waals surface area contributed by atoms with E-state index in [0.29, 0.717) is 19.4 Å². The molecule has 1 aliphatic rings. The monoisotopic (exact) mass is 278 g/mol. The van der Waals surface area contributed by atoms with Crippen molar-refractivity contribution in [2.45, 2.75) is 31.2 Å². The highest BCUT2D eigenvalue weighted by molar-refractivity contribution is 5.80. The van der Waals surface area contributed by atoms with Crippen LogP contribution in [0.25, 0.3) is 0 Å². The van der Waals surface area contributed by atoms with Crippen LogP contribution in [0.5, 0.6) is 0 Å². The Morgan fingerprint density at radius 1 is 1.17 bits per heavy atom. The highest BCUT2D eigenvalue weighted by Crippen LogP contribution is 2.39. The summed E-state index contributed by atoms with van der Waals surface area (Å²) in [6, 6.07) is -0.696. The van der Waals surface area contributed by atoms with E-state index in [2.05, 4.69) is 5.32 Å². The first-order valence-corrected chi connectivity index (χ1v) is 5.27. The summed E-state index contributed by atoms with van der Waals surface area (Å²) < 4.78 is 73.3. The molecule has 0 bridgehead atoms. The molecule has 3 nitrogen and oxygen atoms in total. The first kappa shape index (κ1) is 15.1. The van der Waals surface area contributed by atoms with E-state index in [9.17, 15) is 31.1 Å². The fourth-order valence-corrected chi connectivity index (χ4v) is 1.74. The molecule has 2 N–H and O–H groups in total. The number of carbonyl (C=O) groups is 1. The second kappa shape index (κ2) is 5.33. The maximum atomic E-state index is 12.2. The standard InChI is InChI=1S/C9H12F6N2O/c10-8(11,12)6(9(13,14)15)7(18)17-5-2-1-3-16-4-5/h5-6,16H,1-4H2,(H,17,18). The molecular weight excluding hydrogens is 266 g/mol. The van der Waals surface area contributed by atoms with Gasteiger partial charge in [-0.05, 0) is 19.4 Å². The summed E-state index contributed by atoms with van der Waals surface area (Å²) in [4.78, 5) is 11.1. The van der Waals surface area contributed by atoms with Gasteiger partial charge < -0.3 is 10.6 Å². The molecule has 1 aliphatic heterocycles. The Balaban J connectivity index is 2.71. The zero-order valence-corrected chi connectivity index (χ0v) is 9.16. The van der Waals surface area contributed by atoms with Crippen LogP contribution in [0.2, 0.25) is 0 Å². The second-order valence-corrected chi connectivity index (χ2v) is 4.07. The van der Waals surface area contributed by atoms with Gasteiger partial charge in [-0.25, -0.2) is 0 Å². The molecule has 0 aromatic rings. The third kappa shape index (κ3) is 4.04. The van der Waals surface area contributed by atoms with E-state index < -0.39 is 30.2 Å². The quantitative estimate of drug-likeness (QED) is 0.753. The minimum atomic E-state index is -5.63. The molecule has 106 valence electrons. The van der Waals surface area contributed by atoms with Crippen molar-refractivity contribution in [2.24, 2.45) is 5.92 Å². The van der Waals surface area contributed by atoms with Crippen LogP contribution in [0.15, 0.2) is 0 Å². The topological polar surface area (TPSA) is 41.1 Å². The average molecular weight is 278 g/mol.